The summed E-state index contributed by atoms with van der Waals surface area (Å²) in [5.41, 5.74) is 0. The van der Waals surface area contributed by atoms with Crippen molar-refractivity contribution in [2.45, 2.75) is 187 Å². The van der Waals surface area contributed by atoms with Crippen LogP contribution < -0.4 is 0 Å². The van der Waals surface area contributed by atoms with Crippen molar-refractivity contribution in [1.82, 2.24) is 0 Å². The first-order valence-corrected chi connectivity index (χ1v) is 20.2. The lowest BCUT2D eigenvalue weighted by Gasteiger charge is -2.18. The second-order valence-corrected chi connectivity index (χ2v) is 13.8. The summed E-state index contributed by atoms with van der Waals surface area (Å²) in [6, 6.07) is 0. The van der Waals surface area contributed by atoms with E-state index in [1.807, 2.05) is 0 Å². The van der Waals surface area contributed by atoms with E-state index in [1.54, 1.807) is 0 Å². The fourth-order valence-electron chi connectivity index (χ4n) is 5.17. The van der Waals surface area contributed by atoms with Crippen LogP contribution in [0.3, 0.4) is 0 Å². The van der Waals surface area contributed by atoms with Crippen molar-refractivity contribution in [3.05, 3.63) is 24.3 Å². The maximum Gasteiger partial charge on any atom is 0.469 e. The Hall–Kier alpha value is -1.47. The first-order chi connectivity index (χ1) is 22.3. The fourth-order valence-corrected chi connectivity index (χ4v) is 5.53. The molecule has 1 atom stereocenters. The molecule has 0 amide bonds. The molecule has 0 rings (SSSR count). The molecule has 0 radical (unpaired) electrons. The summed E-state index contributed by atoms with van der Waals surface area (Å²) < 4.78 is 26.2. The summed E-state index contributed by atoms with van der Waals surface area (Å²) in [6.45, 7) is 3.62. The van der Waals surface area contributed by atoms with Crippen LogP contribution in [-0.2, 0) is 28.2 Å². The lowest BCUT2D eigenvalue weighted by molar-refractivity contribution is -0.161. The Morgan fingerprint density at radius 2 is 0.978 bits per heavy atom. The second-order valence-electron chi connectivity index (χ2n) is 12.6. The number of unbranched alkanes of at least 4 members (excludes halogenated alkanes) is 20. The van der Waals surface area contributed by atoms with Gasteiger partial charge in [0.2, 0.25) is 0 Å². The maximum absolute atomic E-state index is 12.3. The minimum atomic E-state index is -4.74. The number of hydrogen-bond donors (Lipinski definition) is 2. The number of allylic oxidation sites excluding steroid dienone is 4. The van der Waals surface area contributed by atoms with Crippen LogP contribution in [0.5, 0.6) is 0 Å². The van der Waals surface area contributed by atoms with Gasteiger partial charge in [-0.2, -0.15) is 0 Å². The molecule has 0 aromatic heterocycles. The van der Waals surface area contributed by atoms with E-state index in [9.17, 15) is 14.2 Å². The van der Waals surface area contributed by atoms with Crippen molar-refractivity contribution in [1.29, 1.82) is 0 Å². The number of carbonyl (C=O) groups excluding carboxylic acids is 2. The van der Waals surface area contributed by atoms with E-state index in [2.05, 4.69) is 42.7 Å². The van der Waals surface area contributed by atoms with Crippen molar-refractivity contribution in [2.24, 2.45) is 0 Å². The summed E-state index contributed by atoms with van der Waals surface area (Å²) in [5.74, 6) is -0.889. The zero-order valence-electron chi connectivity index (χ0n) is 29.5. The van der Waals surface area contributed by atoms with E-state index in [0.29, 0.717) is 6.42 Å². The highest BCUT2D eigenvalue weighted by Crippen LogP contribution is 2.36. The maximum atomic E-state index is 12.3. The van der Waals surface area contributed by atoms with E-state index in [1.165, 1.54) is 96.3 Å². The van der Waals surface area contributed by atoms with Crippen molar-refractivity contribution in [3.8, 4) is 0 Å². The van der Waals surface area contributed by atoms with Gasteiger partial charge in [0.15, 0.2) is 6.10 Å². The first-order valence-electron chi connectivity index (χ1n) is 18.6. The van der Waals surface area contributed by atoms with Crippen LogP contribution in [0.2, 0.25) is 0 Å². The lowest BCUT2D eigenvalue weighted by atomic mass is 10.1. The van der Waals surface area contributed by atoms with Gasteiger partial charge in [0.25, 0.3) is 0 Å². The van der Waals surface area contributed by atoms with Gasteiger partial charge in [0, 0.05) is 12.8 Å². The van der Waals surface area contributed by atoms with Gasteiger partial charge in [-0.3, -0.25) is 14.1 Å². The standard InChI is InChI=1S/C37H69O8P/c1-3-5-7-9-11-13-14-15-16-17-18-19-20-21-22-24-25-27-29-31-36(38)43-33-35(34-44-46(40,41)42)45-37(39)32-30-28-26-23-12-10-8-6-4-2/h11,13,15-16,35H,3-10,12,14,17-34H2,1-2H3,(H2,40,41,42)/b13-11-,16-15-/t35-/m1/s1. The highest BCUT2D eigenvalue weighted by Gasteiger charge is 2.22. The van der Waals surface area contributed by atoms with Gasteiger partial charge >= 0.3 is 19.8 Å². The quantitative estimate of drug-likeness (QED) is 0.0300. The third-order valence-electron chi connectivity index (χ3n) is 7.97. The average Bonchev–Trinajstić information content (AvgIpc) is 3.02. The Kier molecular flexibility index (Phi) is 32.4. The molecule has 0 saturated carbocycles. The average molecular weight is 673 g/mol. The molecule has 270 valence electrons. The van der Waals surface area contributed by atoms with E-state index < -0.39 is 32.5 Å². The molecule has 0 aliphatic carbocycles. The molecule has 0 aliphatic heterocycles. The van der Waals surface area contributed by atoms with E-state index in [-0.39, 0.29) is 19.4 Å². The third-order valence-corrected chi connectivity index (χ3v) is 8.46. The number of carbonyl (C=O) groups is 2. The molecule has 0 aromatic carbocycles. The fraction of sp³-hybridized carbons (Fsp3) is 0.838. The van der Waals surface area contributed by atoms with Gasteiger partial charge in [0.05, 0.1) is 6.61 Å². The van der Waals surface area contributed by atoms with E-state index in [4.69, 9.17) is 19.3 Å². The highest BCUT2D eigenvalue weighted by molar-refractivity contribution is 7.46. The van der Waals surface area contributed by atoms with Crippen LogP contribution in [0, 0.1) is 0 Å². The Bertz CT molecular complexity index is 807. The van der Waals surface area contributed by atoms with Gasteiger partial charge in [-0.15, -0.1) is 0 Å². The molecular formula is C37H69O8P. The van der Waals surface area contributed by atoms with Crippen molar-refractivity contribution in [2.75, 3.05) is 13.2 Å². The van der Waals surface area contributed by atoms with Crippen LogP contribution in [0.15, 0.2) is 24.3 Å². The molecule has 2 N–H and O–H groups in total. The van der Waals surface area contributed by atoms with Gasteiger partial charge < -0.3 is 19.3 Å². The molecule has 0 saturated heterocycles. The number of ether oxygens (including phenoxy) is 2. The summed E-state index contributed by atoms with van der Waals surface area (Å²) in [7, 11) is -4.74. The Labute approximate surface area is 281 Å². The topological polar surface area (TPSA) is 119 Å². The molecular weight excluding hydrogens is 603 g/mol. The molecule has 0 heterocycles. The number of hydrogen-bond acceptors (Lipinski definition) is 6. The molecule has 8 nitrogen and oxygen atoms in total. The summed E-state index contributed by atoms with van der Waals surface area (Å²) >= 11 is 0. The minimum absolute atomic E-state index is 0.213. The minimum Gasteiger partial charge on any atom is -0.462 e. The predicted octanol–water partition coefficient (Wildman–Crippen LogP) is 10.8. The smallest absolute Gasteiger partial charge is 0.462 e. The van der Waals surface area contributed by atoms with Crippen LogP contribution in [0.25, 0.3) is 0 Å². The molecule has 0 fully saturated rings. The SMILES string of the molecule is CCCCC/C=C\C/C=C\CCCCCCCCCCCC(=O)OC[C@H](COP(=O)(O)O)OC(=O)CCCCCCCCCCC. The second kappa shape index (κ2) is 33.4. The van der Waals surface area contributed by atoms with Crippen LogP contribution in [0.1, 0.15) is 181 Å². The molecule has 0 aromatic rings. The highest BCUT2D eigenvalue weighted by atomic mass is 31.2. The van der Waals surface area contributed by atoms with Gasteiger partial charge in [-0.05, 0) is 44.9 Å². The van der Waals surface area contributed by atoms with Crippen LogP contribution in [-0.4, -0.2) is 41.0 Å². The van der Waals surface area contributed by atoms with E-state index in [0.717, 1.165) is 51.4 Å². The van der Waals surface area contributed by atoms with Crippen molar-refractivity contribution in [3.63, 3.8) is 0 Å². The Morgan fingerprint density at radius 1 is 0.565 bits per heavy atom. The Balaban J connectivity index is 3.89. The molecule has 0 unspecified atom stereocenters. The summed E-state index contributed by atoms with van der Waals surface area (Å²) in [6.07, 6.45) is 36.2. The molecule has 0 spiro atoms. The number of esters is 2. The zero-order valence-corrected chi connectivity index (χ0v) is 30.4. The normalized spacial score (nSPS) is 12.7. The van der Waals surface area contributed by atoms with Crippen LogP contribution >= 0.6 is 7.82 Å². The Morgan fingerprint density at radius 3 is 1.48 bits per heavy atom. The number of rotatable bonds is 34. The zero-order chi connectivity index (χ0) is 34.0. The van der Waals surface area contributed by atoms with Crippen LogP contribution in [0.4, 0.5) is 0 Å². The van der Waals surface area contributed by atoms with Gasteiger partial charge in [-0.25, -0.2) is 4.57 Å². The summed E-state index contributed by atoms with van der Waals surface area (Å²) in [4.78, 5) is 42.5. The largest absolute Gasteiger partial charge is 0.469 e. The number of phosphoric acid groups is 1. The van der Waals surface area contributed by atoms with Gasteiger partial charge in [0.1, 0.15) is 6.61 Å². The van der Waals surface area contributed by atoms with Crippen molar-refractivity contribution >= 4 is 19.8 Å². The number of phosphoric ester groups is 1. The monoisotopic (exact) mass is 672 g/mol. The summed E-state index contributed by atoms with van der Waals surface area (Å²) in [5, 5.41) is 0. The van der Waals surface area contributed by atoms with Crippen molar-refractivity contribution < 1.29 is 37.9 Å². The lowest BCUT2D eigenvalue weighted by Crippen LogP contribution is -2.29. The molecule has 0 aliphatic rings. The molecule has 9 heteroatoms. The molecule has 0 bridgehead atoms. The first kappa shape index (κ1) is 44.5. The van der Waals surface area contributed by atoms with Gasteiger partial charge in [-0.1, -0.05) is 147 Å². The molecule has 46 heavy (non-hydrogen) atoms. The van der Waals surface area contributed by atoms with E-state index >= 15 is 0 Å². The predicted molar refractivity (Wildman–Crippen MR) is 189 cm³/mol. The third kappa shape index (κ3) is 35.4.